The first-order valence-corrected chi connectivity index (χ1v) is 5.78. The van der Waals surface area contributed by atoms with Crippen LogP contribution >= 0.6 is 21.0 Å². The number of halogens is 1. The first kappa shape index (κ1) is 10.1. The third-order valence-corrected chi connectivity index (χ3v) is 3.11. The number of hydrogen-bond donors (Lipinski definition) is 0. The van der Waals surface area contributed by atoms with Crippen LogP contribution in [0.25, 0.3) is 0 Å². The van der Waals surface area contributed by atoms with Crippen molar-refractivity contribution in [2.24, 2.45) is 14.1 Å². The zero-order chi connectivity index (χ0) is 10.2. The van der Waals surface area contributed by atoms with Crippen molar-refractivity contribution < 1.29 is 0 Å². The summed E-state index contributed by atoms with van der Waals surface area (Å²) in [6.07, 6.45) is 0. The SMILES string of the molecule is C=In1c(=O)n(C)c(=O)n(C)c1=O. The highest BCUT2D eigenvalue weighted by molar-refractivity contribution is 14.2. The fourth-order valence-corrected chi connectivity index (χ4v) is 2.07. The third-order valence-electron chi connectivity index (χ3n) is 1.60. The summed E-state index contributed by atoms with van der Waals surface area (Å²) in [5, 5.41) is 0. The maximum atomic E-state index is 11.3. The van der Waals surface area contributed by atoms with Gasteiger partial charge in [-0.15, -0.1) is 0 Å². The predicted octanol–water partition coefficient (Wildman–Crippen LogP) is -1.59. The monoisotopic (exact) mass is 297 g/mol. The van der Waals surface area contributed by atoms with Crippen LogP contribution in [0.1, 0.15) is 0 Å². The maximum absolute atomic E-state index is 11.3. The molecular weight excluding hydrogens is 289 g/mol. The molecule has 1 aromatic heterocycles. The van der Waals surface area contributed by atoms with Crippen LogP contribution in [0, 0.1) is 0 Å². The Labute approximate surface area is 83.2 Å². The molecule has 0 N–H and O–H groups in total. The van der Waals surface area contributed by atoms with Gasteiger partial charge in [-0.25, -0.2) is 23.5 Å². The second kappa shape index (κ2) is 3.40. The van der Waals surface area contributed by atoms with Gasteiger partial charge < -0.3 is 0 Å². The molecule has 0 bridgehead atoms. The second-order valence-corrected chi connectivity index (χ2v) is 4.01. The van der Waals surface area contributed by atoms with Crippen LogP contribution in [-0.2, 0) is 14.1 Å². The summed E-state index contributed by atoms with van der Waals surface area (Å²) in [5.74, 6) is 0. The van der Waals surface area contributed by atoms with Gasteiger partial charge in [-0.1, -0.05) is 0 Å². The molecule has 0 spiro atoms. The Balaban J connectivity index is 4.01. The molecule has 0 aliphatic heterocycles. The summed E-state index contributed by atoms with van der Waals surface area (Å²) in [5.41, 5.74) is -1.78. The van der Waals surface area contributed by atoms with Crippen LogP contribution in [0.4, 0.5) is 0 Å². The molecule has 0 unspecified atom stereocenters. The van der Waals surface area contributed by atoms with Crippen molar-refractivity contribution in [2.75, 3.05) is 0 Å². The smallest absolute Gasteiger partial charge is 0.247 e. The Hall–Kier alpha value is -0.990. The average Bonchev–Trinajstić information content (AvgIpc) is 2.13. The Morgan fingerprint density at radius 1 is 1.00 bits per heavy atom. The highest BCUT2D eigenvalue weighted by Crippen LogP contribution is 1.84. The molecular formula is C6H8IN3O3. The van der Waals surface area contributed by atoms with Gasteiger partial charge in [0.25, 0.3) is 0 Å². The van der Waals surface area contributed by atoms with E-state index in [1.807, 2.05) is 0 Å². The first-order valence-electron chi connectivity index (χ1n) is 3.28. The molecule has 72 valence electrons. The van der Waals surface area contributed by atoms with E-state index in [-0.39, 0.29) is 0 Å². The topological polar surface area (TPSA) is 66.0 Å². The van der Waals surface area contributed by atoms with Gasteiger partial charge in [0.05, 0.1) is 0 Å². The molecule has 1 rings (SSSR count). The van der Waals surface area contributed by atoms with E-state index in [2.05, 4.69) is 4.51 Å². The molecule has 0 saturated carbocycles. The molecule has 0 radical (unpaired) electrons. The summed E-state index contributed by atoms with van der Waals surface area (Å²) >= 11 is -0.919. The number of rotatable bonds is 1. The minimum absolute atomic E-state index is 0.587. The van der Waals surface area contributed by atoms with E-state index >= 15 is 0 Å². The Morgan fingerprint density at radius 2 is 1.38 bits per heavy atom. The largest absolute Gasteiger partial charge is 0.344 e. The summed E-state index contributed by atoms with van der Waals surface area (Å²) in [6.45, 7) is 0. The molecule has 1 heterocycles. The molecule has 0 saturated heterocycles. The lowest BCUT2D eigenvalue weighted by atomic mass is 10.9. The van der Waals surface area contributed by atoms with Crippen LogP contribution in [0.5, 0.6) is 0 Å². The van der Waals surface area contributed by atoms with Gasteiger partial charge >= 0.3 is 17.1 Å². The molecule has 0 fully saturated rings. The summed E-state index contributed by atoms with van der Waals surface area (Å²) < 4.78 is 6.32. The Morgan fingerprint density at radius 3 is 1.69 bits per heavy atom. The third kappa shape index (κ3) is 1.43. The van der Waals surface area contributed by atoms with E-state index in [1.54, 1.807) is 0 Å². The van der Waals surface area contributed by atoms with Crippen molar-refractivity contribution in [1.82, 2.24) is 11.9 Å². The van der Waals surface area contributed by atoms with Crippen molar-refractivity contribution in [2.45, 2.75) is 0 Å². The van der Waals surface area contributed by atoms with Crippen LogP contribution in [0.15, 0.2) is 14.4 Å². The summed E-state index contributed by atoms with van der Waals surface area (Å²) in [7, 11) is 2.67. The van der Waals surface area contributed by atoms with Crippen molar-refractivity contribution in [1.29, 1.82) is 0 Å². The molecule has 0 aliphatic carbocycles. The molecule has 0 atom stereocenters. The fourth-order valence-electron chi connectivity index (χ4n) is 0.836. The van der Waals surface area contributed by atoms with Gasteiger partial charge in [0.1, 0.15) is 0 Å². The zero-order valence-electron chi connectivity index (χ0n) is 7.15. The minimum atomic E-state index is -0.919. The van der Waals surface area contributed by atoms with Gasteiger partial charge in [-0.2, -0.15) is 2.78 Å². The zero-order valence-corrected chi connectivity index (χ0v) is 9.31. The molecule has 13 heavy (non-hydrogen) atoms. The van der Waals surface area contributed by atoms with Crippen molar-refractivity contribution in [3.05, 3.63) is 31.5 Å². The van der Waals surface area contributed by atoms with Gasteiger partial charge in [0.15, 0.2) is 0 Å². The van der Waals surface area contributed by atoms with E-state index < -0.39 is 38.1 Å². The van der Waals surface area contributed by atoms with E-state index in [0.717, 1.165) is 11.9 Å². The Kier molecular flexibility index (Phi) is 2.64. The van der Waals surface area contributed by atoms with Crippen LogP contribution < -0.4 is 17.1 Å². The number of hydrogen-bond acceptors (Lipinski definition) is 3. The van der Waals surface area contributed by atoms with Gasteiger partial charge in [-0.05, 0) is 4.51 Å². The van der Waals surface area contributed by atoms with E-state index in [1.165, 1.54) is 14.1 Å². The Bertz CT molecular complexity index is 481. The van der Waals surface area contributed by atoms with E-state index in [4.69, 9.17) is 0 Å². The minimum Gasteiger partial charge on any atom is -0.247 e. The van der Waals surface area contributed by atoms with Crippen molar-refractivity contribution >= 4 is 25.5 Å². The number of nitrogens with zero attached hydrogens (tertiary/aromatic N) is 3. The summed E-state index contributed by atoms with van der Waals surface area (Å²) in [6, 6.07) is 0. The first-order chi connectivity index (χ1) is 6.00. The summed E-state index contributed by atoms with van der Waals surface area (Å²) in [4.78, 5) is 33.8. The lowest BCUT2D eigenvalue weighted by Gasteiger charge is -2.02. The standard InChI is InChI=1S/C6H8IN3O3/c1-7-10-5(12)8(2)4(11)9(3)6(10)13/h1H2,2-3H3. The highest BCUT2D eigenvalue weighted by atomic mass is 127. The van der Waals surface area contributed by atoms with Crippen LogP contribution in [-0.4, -0.2) is 16.4 Å². The molecule has 6 nitrogen and oxygen atoms in total. The van der Waals surface area contributed by atoms with E-state index in [0.29, 0.717) is 0 Å². The average molecular weight is 297 g/mol. The fraction of sp³-hybridized carbons (Fsp3) is 0.333. The van der Waals surface area contributed by atoms with Crippen LogP contribution in [0.2, 0.25) is 0 Å². The highest BCUT2D eigenvalue weighted by Gasteiger charge is 2.07. The van der Waals surface area contributed by atoms with Gasteiger partial charge in [-0.3, -0.25) is 0 Å². The molecule has 0 aliphatic rings. The lowest BCUT2D eigenvalue weighted by Crippen LogP contribution is -2.50. The van der Waals surface area contributed by atoms with Gasteiger partial charge in [0, 0.05) is 35.1 Å². The second-order valence-electron chi connectivity index (χ2n) is 2.37. The molecule has 1 aromatic rings. The van der Waals surface area contributed by atoms with Crippen molar-refractivity contribution in [3.8, 4) is 0 Å². The lowest BCUT2D eigenvalue weighted by molar-refractivity contribution is 0.613. The van der Waals surface area contributed by atoms with E-state index in [9.17, 15) is 14.4 Å². The normalized spacial score (nSPS) is 10.3. The quantitative estimate of drug-likeness (QED) is 0.587. The van der Waals surface area contributed by atoms with Crippen molar-refractivity contribution in [3.63, 3.8) is 0 Å². The van der Waals surface area contributed by atoms with Gasteiger partial charge in [0.2, 0.25) is 0 Å². The number of aromatic nitrogens is 3. The molecule has 7 heteroatoms. The maximum Gasteiger partial charge on any atom is 0.344 e. The van der Waals surface area contributed by atoms with Crippen LogP contribution in [0.3, 0.4) is 0 Å². The predicted molar refractivity (Wildman–Crippen MR) is 57.7 cm³/mol. The molecule has 0 aromatic carbocycles. The molecule has 0 amide bonds.